The van der Waals surface area contributed by atoms with Gasteiger partial charge in [-0.05, 0) is 18.6 Å². The van der Waals surface area contributed by atoms with Crippen LogP contribution in [0.4, 0.5) is 0 Å². The van der Waals surface area contributed by atoms with E-state index in [1.807, 2.05) is 25.1 Å². The normalized spacial score (nSPS) is 16.6. The molecular weight excluding hydrogens is 296 g/mol. The van der Waals surface area contributed by atoms with E-state index in [1.54, 1.807) is 13.2 Å². The number of nitrogens with zero attached hydrogens (tertiary/aromatic N) is 1. The van der Waals surface area contributed by atoms with Crippen LogP contribution in [0.2, 0.25) is 0 Å². The number of nitrogens with one attached hydrogen (secondary N) is 1. The molecule has 0 unspecified atom stereocenters. The highest BCUT2D eigenvalue weighted by atomic mass is 16.5. The second-order valence-corrected chi connectivity index (χ2v) is 5.44. The standard InChI is InChI=1S/C17H26N2O4/c1-3-16(23-15-6-4-5-14(13-15)21-2)17(20)18-7-8-19-9-11-22-12-10-19/h4-6,13,16H,3,7-12H2,1-2H3,(H,18,20)/t16-/m1/s1. The number of carbonyl (C=O) groups excluding carboxylic acids is 1. The first-order chi connectivity index (χ1) is 11.2. The van der Waals surface area contributed by atoms with E-state index in [0.717, 1.165) is 32.8 Å². The number of hydrogen-bond acceptors (Lipinski definition) is 5. The average molecular weight is 322 g/mol. The van der Waals surface area contributed by atoms with E-state index < -0.39 is 6.10 Å². The van der Waals surface area contributed by atoms with Gasteiger partial charge in [-0.25, -0.2) is 0 Å². The molecule has 2 rings (SSSR count). The maximum atomic E-state index is 12.3. The van der Waals surface area contributed by atoms with Gasteiger partial charge in [-0.3, -0.25) is 9.69 Å². The SMILES string of the molecule is CC[C@@H](Oc1cccc(OC)c1)C(=O)NCCN1CCOCC1. The summed E-state index contributed by atoms with van der Waals surface area (Å²) in [5.74, 6) is 1.27. The van der Waals surface area contributed by atoms with Crippen molar-refractivity contribution in [1.82, 2.24) is 10.2 Å². The molecule has 6 nitrogen and oxygen atoms in total. The topological polar surface area (TPSA) is 60.0 Å². The number of carbonyl (C=O) groups is 1. The molecule has 6 heteroatoms. The molecule has 1 amide bonds. The minimum atomic E-state index is -0.494. The van der Waals surface area contributed by atoms with E-state index in [2.05, 4.69) is 10.2 Å². The van der Waals surface area contributed by atoms with Crippen LogP contribution in [-0.2, 0) is 9.53 Å². The van der Waals surface area contributed by atoms with Crippen molar-refractivity contribution in [3.8, 4) is 11.5 Å². The molecule has 1 aliphatic heterocycles. The lowest BCUT2D eigenvalue weighted by Gasteiger charge is -2.26. The van der Waals surface area contributed by atoms with Crippen LogP contribution in [0.3, 0.4) is 0 Å². The zero-order chi connectivity index (χ0) is 16.5. The van der Waals surface area contributed by atoms with Crippen LogP contribution in [0.5, 0.6) is 11.5 Å². The molecule has 1 aromatic carbocycles. The molecule has 0 radical (unpaired) electrons. The third-order valence-corrected chi connectivity index (χ3v) is 3.81. The van der Waals surface area contributed by atoms with Gasteiger partial charge in [0.15, 0.2) is 6.10 Å². The quantitative estimate of drug-likeness (QED) is 0.782. The zero-order valence-electron chi connectivity index (χ0n) is 13.9. The van der Waals surface area contributed by atoms with Crippen LogP contribution in [0.25, 0.3) is 0 Å². The van der Waals surface area contributed by atoms with E-state index in [4.69, 9.17) is 14.2 Å². The number of methoxy groups -OCH3 is 1. The molecule has 1 atom stereocenters. The zero-order valence-corrected chi connectivity index (χ0v) is 13.9. The largest absolute Gasteiger partial charge is 0.497 e. The summed E-state index contributed by atoms with van der Waals surface area (Å²) in [6, 6.07) is 7.29. The van der Waals surface area contributed by atoms with Gasteiger partial charge in [0, 0.05) is 32.2 Å². The highest BCUT2D eigenvalue weighted by molar-refractivity contribution is 5.81. The summed E-state index contributed by atoms with van der Waals surface area (Å²) in [6.07, 6.45) is 0.118. The van der Waals surface area contributed by atoms with Crippen molar-refractivity contribution in [3.05, 3.63) is 24.3 Å². The fourth-order valence-corrected chi connectivity index (χ4v) is 2.44. The van der Waals surface area contributed by atoms with E-state index in [1.165, 1.54) is 0 Å². The fraction of sp³-hybridized carbons (Fsp3) is 0.588. The van der Waals surface area contributed by atoms with Crippen molar-refractivity contribution in [2.45, 2.75) is 19.4 Å². The number of rotatable bonds is 8. The Hall–Kier alpha value is -1.79. The summed E-state index contributed by atoms with van der Waals surface area (Å²) in [5.41, 5.74) is 0. The Morgan fingerprint density at radius 2 is 2.09 bits per heavy atom. The first-order valence-electron chi connectivity index (χ1n) is 8.11. The van der Waals surface area contributed by atoms with E-state index in [0.29, 0.717) is 24.5 Å². The van der Waals surface area contributed by atoms with Crippen LogP contribution in [-0.4, -0.2) is 63.4 Å². The summed E-state index contributed by atoms with van der Waals surface area (Å²) >= 11 is 0. The number of ether oxygens (including phenoxy) is 3. The number of benzene rings is 1. The number of amides is 1. The smallest absolute Gasteiger partial charge is 0.261 e. The molecular formula is C17H26N2O4. The molecule has 0 aliphatic carbocycles. The monoisotopic (exact) mass is 322 g/mol. The lowest BCUT2D eigenvalue weighted by Crippen LogP contribution is -2.44. The van der Waals surface area contributed by atoms with Gasteiger partial charge in [0.2, 0.25) is 0 Å². The van der Waals surface area contributed by atoms with Crippen molar-refractivity contribution in [1.29, 1.82) is 0 Å². The van der Waals surface area contributed by atoms with Crippen LogP contribution >= 0.6 is 0 Å². The Labute approximate surface area is 137 Å². The highest BCUT2D eigenvalue weighted by Crippen LogP contribution is 2.20. The van der Waals surface area contributed by atoms with E-state index in [9.17, 15) is 4.79 Å². The summed E-state index contributed by atoms with van der Waals surface area (Å²) in [5, 5.41) is 2.95. The molecule has 1 N–H and O–H groups in total. The van der Waals surface area contributed by atoms with Gasteiger partial charge in [0.1, 0.15) is 11.5 Å². The fourth-order valence-electron chi connectivity index (χ4n) is 2.44. The van der Waals surface area contributed by atoms with E-state index >= 15 is 0 Å². The van der Waals surface area contributed by atoms with Crippen molar-refractivity contribution in [2.24, 2.45) is 0 Å². The second kappa shape index (κ2) is 9.37. The molecule has 128 valence electrons. The van der Waals surface area contributed by atoms with Gasteiger partial charge in [0.05, 0.1) is 20.3 Å². The average Bonchev–Trinajstić information content (AvgIpc) is 2.60. The van der Waals surface area contributed by atoms with E-state index in [-0.39, 0.29) is 5.91 Å². The van der Waals surface area contributed by atoms with Crippen molar-refractivity contribution >= 4 is 5.91 Å². The Bertz CT molecular complexity index is 489. The molecule has 0 spiro atoms. The third kappa shape index (κ3) is 5.73. The predicted octanol–water partition coefficient (Wildman–Crippen LogP) is 1.30. The second-order valence-electron chi connectivity index (χ2n) is 5.44. The van der Waals surface area contributed by atoms with Crippen molar-refractivity contribution < 1.29 is 19.0 Å². The molecule has 1 heterocycles. The minimum absolute atomic E-state index is 0.0800. The Morgan fingerprint density at radius 3 is 2.78 bits per heavy atom. The Morgan fingerprint density at radius 1 is 1.35 bits per heavy atom. The van der Waals surface area contributed by atoms with Crippen molar-refractivity contribution in [3.63, 3.8) is 0 Å². The minimum Gasteiger partial charge on any atom is -0.497 e. The van der Waals surface area contributed by atoms with Gasteiger partial charge in [0.25, 0.3) is 5.91 Å². The summed E-state index contributed by atoms with van der Waals surface area (Å²) < 4.78 is 16.3. The summed E-state index contributed by atoms with van der Waals surface area (Å²) in [6.45, 7) is 6.78. The van der Waals surface area contributed by atoms with Crippen molar-refractivity contribution in [2.75, 3.05) is 46.5 Å². The van der Waals surface area contributed by atoms with Gasteiger partial charge >= 0.3 is 0 Å². The van der Waals surface area contributed by atoms with Crippen LogP contribution in [0.15, 0.2) is 24.3 Å². The summed E-state index contributed by atoms with van der Waals surface area (Å²) in [7, 11) is 1.61. The highest BCUT2D eigenvalue weighted by Gasteiger charge is 2.18. The molecule has 1 saturated heterocycles. The molecule has 1 aromatic rings. The van der Waals surface area contributed by atoms with Crippen LogP contribution in [0.1, 0.15) is 13.3 Å². The van der Waals surface area contributed by atoms with Gasteiger partial charge in [-0.15, -0.1) is 0 Å². The molecule has 0 bridgehead atoms. The first-order valence-corrected chi connectivity index (χ1v) is 8.11. The number of hydrogen-bond donors (Lipinski definition) is 1. The molecule has 1 fully saturated rings. The maximum absolute atomic E-state index is 12.3. The van der Waals surface area contributed by atoms with Gasteiger partial charge < -0.3 is 19.5 Å². The van der Waals surface area contributed by atoms with Gasteiger partial charge in [-0.2, -0.15) is 0 Å². The molecule has 1 aliphatic rings. The predicted molar refractivity (Wildman–Crippen MR) is 88.0 cm³/mol. The lowest BCUT2D eigenvalue weighted by atomic mass is 10.2. The first kappa shape index (κ1) is 17.6. The maximum Gasteiger partial charge on any atom is 0.261 e. The lowest BCUT2D eigenvalue weighted by molar-refractivity contribution is -0.128. The Balaban J connectivity index is 1.78. The summed E-state index contributed by atoms with van der Waals surface area (Å²) in [4.78, 5) is 14.5. The van der Waals surface area contributed by atoms with Gasteiger partial charge in [-0.1, -0.05) is 13.0 Å². The Kier molecular flexibility index (Phi) is 7.16. The van der Waals surface area contributed by atoms with Crippen LogP contribution in [0, 0.1) is 0 Å². The molecule has 23 heavy (non-hydrogen) atoms. The van der Waals surface area contributed by atoms with Crippen LogP contribution < -0.4 is 14.8 Å². The number of morpholine rings is 1. The third-order valence-electron chi connectivity index (χ3n) is 3.81. The molecule has 0 saturated carbocycles. The molecule has 0 aromatic heterocycles.